The molecule has 2 amide bonds. The first kappa shape index (κ1) is 29.7. The monoisotopic (exact) mass is 548 g/mol. The summed E-state index contributed by atoms with van der Waals surface area (Å²) in [6.07, 6.45) is 7.35. The van der Waals surface area contributed by atoms with E-state index in [4.69, 9.17) is 9.47 Å². The van der Waals surface area contributed by atoms with Crippen molar-refractivity contribution in [3.05, 3.63) is 60.2 Å². The van der Waals surface area contributed by atoms with Gasteiger partial charge in [0.05, 0.1) is 50.7 Å². The average molecular weight is 549 g/mol. The van der Waals surface area contributed by atoms with Crippen molar-refractivity contribution < 1.29 is 23.5 Å². The Morgan fingerprint density at radius 2 is 1.90 bits per heavy atom. The number of aryl methyl sites for hydroxylation is 1. The van der Waals surface area contributed by atoms with E-state index in [2.05, 4.69) is 32.7 Å². The van der Waals surface area contributed by atoms with Crippen LogP contribution in [0, 0.1) is 6.92 Å². The zero-order chi connectivity index (χ0) is 29.0. The summed E-state index contributed by atoms with van der Waals surface area (Å²) in [5, 5.41) is 0. The number of carbonyl (C=O) groups is 2. The molecule has 3 atom stereocenters. The molecule has 3 unspecified atom stereocenters. The molecule has 216 valence electrons. The molecule has 7 nitrogen and oxygen atoms in total. The molecule has 1 aliphatic carbocycles. The van der Waals surface area contributed by atoms with Gasteiger partial charge in [-0.3, -0.25) is 9.69 Å². The highest BCUT2D eigenvalue weighted by atomic mass is 16.6. The highest BCUT2D eigenvalue weighted by Gasteiger charge is 2.43. The number of quaternary nitrogens is 1. The number of benzene rings is 2. The number of hydrogen-bond acceptors (Lipinski definition) is 4. The van der Waals surface area contributed by atoms with E-state index in [0.29, 0.717) is 23.7 Å². The van der Waals surface area contributed by atoms with Crippen LogP contribution in [0.25, 0.3) is 0 Å². The fourth-order valence-corrected chi connectivity index (χ4v) is 6.22. The second-order valence-electron chi connectivity index (χ2n) is 11.8. The normalized spacial score (nSPS) is 18.9. The number of amides is 2. The second-order valence-corrected chi connectivity index (χ2v) is 11.8. The van der Waals surface area contributed by atoms with Gasteiger partial charge in [0.2, 0.25) is 5.91 Å². The summed E-state index contributed by atoms with van der Waals surface area (Å²) in [6, 6.07) is 12.3. The van der Waals surface area contributed by atoms with Gasteiger partial charge in [0.25, 0.3) is 0 Å². The fraction of sp³-hybridized carbons (Fsp3) is 0.515. The Morgan fingerprint density at radius 3 is 2.52 bits per heavy atom. The van der Waals surface area contributed by atoms with Crippen LogP contribution in [-0.2, 0) is 4.79 Å². The van der Waals surface area contributed by atoms with Gasteiger partial charge in [-0.25, -0.2) is 4.79 Å². The minimum absolute atomic E-state index is 0.0462. The fourth-order valence-electron chi connectivity index (χ4n) is 6.22. The number of methoxy groups -OCH3 is 1. The van der Waals surface area contributed by atoms with E-state index >= 15 is 0 Å². The lowest BCUT2D eigenvalue weighted by Crippen LogP contribution is -2.52. The van der Waals surface area contributed by atoms with Gasteiger partial charge in [0.15, 0.2) is 11.5 Å². The topological polar surface area (TPSA) is 59.1 Å². The molecule has 0 aromatic heterocycles. The maximum absolute atomic E-state index is 13.7. The van der Waals surface area contributed by atoms with Gasteiger partial charge in [0.1, 0.15) is 0 Å². The van der Waals surface area contributed by atoms with E-state index in [-0.39, 0.29) is 17.9 Å². The van der Waals surface area contributed by atoms with Crippen LogP contribution in [0.1, 0.15) is 69.9 Å². The summed E-state index contributed by atoms with van der Waals surface area (Å²) in [4.78, 5) is 29.9. The maximum Gasteiger partial charge on any atom is 0.420 e. The molecule has 1 aliphatic heterocycles. The third-order valence-electron chi connectivity index (χ3n) is 8.52. The molecule has 2 aromatic rings. The number of nitrogens with zero attached hydrogens (tertiary/aromatic N) is 3. The van der Waals surface area contributed by atoms with Crippen molar-refractivity contribution in [3.8, 4) is 11.5 Å². The summed E-state index contributed by atoms with van der Waals surface area (Å²) >= 11 is 0. The van der Waals surface area contributed by atoms with Crippen molar-refractivity contribution in [2.24, 2.45) is 0 Å². The van der Waals surface area contributed by atoms with Crippen molar-refractivity contribution in [1.29, 1.82) is 0 Å². The largest absolute Gasteiger partial charge is 0.493 e. The van der Waals surface area contributed by atoms with Gasteiger partial charge in [0, 0.05) is 32.2 Å². The molecule has 1 fully saturated rings. The van der Waals surface area contributed by atoms with Gasteiger partial charge in [-0.1, -0.05) is 31.6 Å². The molecule has 4 rings (SSSR count). The van der Waals surface area contributed by atoms with E-state index in [1.165, 1.54) is 32.2 Å². The molecule has 0 N–H and O–H groups in total. The maximum atomic E-state index is 13.7. The van der Waals surface area contributed by atoms with E-state index in [9.17, 15) is 9.59 Å². The van der Waals surface area contributed by atoms with Crippen LogP contribution in [-0.4, -0.2) is 62.4 Å². The highest BCUT2D eigenvalue weighted by molar-refractivity contribution is 6.02. The first-order chi connectivity index (χ1) is 19.1. The van der Waals surface area contributed by atoms with Gasteiger partial charge >= 0.3 is 6.09 Å². The molecule has 2 aromatic carbocycles. The lowest BCUT2D eigenvalue weighted by atomic mass is 9.92. The Labute approximate surface area is 239 Å². The minimum Gasteiger partial charge on any atom is -0.493 e. The van der Waals surface area contributed by atoms with Crippen LogP contribution in [0.4, 0.5) is 16.2 Å². The molecule has 0 bridgehead atoms. The van der Waals surface area contributed by atoms with Crippen LogP contribution in [0.2, 0.25) is 0 Å². The van der Waals surface area contributed by atoms with Crippen molar-refractivity contribution in [2.45, 2.75) is 77.8 Å². The lowest BCUT2D eigenvalue weighted by molar-refractivity contribution is -0.921. The van der Waals surface area contributed by atoms with E-state index < -0.39 is 6.09 Å². The molecular formula is C33H46N3O4+. The predicted molar refractivity (Wildman–Crippen MR) is 162 cm³/mol. The number of allylic oxidation sites excluding steroid dienone is 1. The molecule has 1 heterocycles. The minimum atomic E-state index is -0.487. The Bertz CT molecular complexity index is 1240. The Morgan fingerprint density at radius 1 is 1.15 bits per heavy atom. The lowest BCUT2D eigenvalue weighted by Gasteiger charge is -2.41. The van der Waals surface area contributed by atoms with Crippen LogP contribution in [0.5, 0.6) is 11.5 Å². The molecule has 0 radical (unpaired) electrons. The summed E-state index contributed by atoms with van der Waals surface area (Å²) < 4.78 is 12.4. The van der Waals surface area contributed by atoms with Crippen molar-refractivity contribution in [3.63, 3.8) is 0 Å². The second kappa shape index (κ2) is 12.5. The van der Waals surface area contributed by atoms with Crippen molar-refractivity contribution >= 4 is 23.4 Å². The zero-order valence-corrected chi connectivity index (χ0v) is 25.1. The number of hydrogen-bond donors (Lipinski definition) is 0. The standard InChI is InChI=1S/C33H46N3O4/c1-8-10-18-36(6,28-14-15-28)22-27(11-9-2)26-13-16-29-30(20-26)34(21-24(4)35(29)25(5)37)33(38)40-32-19-23(3)12-17-31(32)39-7/h9,12-13,16-17,19-20,24,27-28H,2,8,10-11,14-15,18,21-22H2,1,3-7H3/q+1. The third kappa shape index (κ3) is 6.35. The Balaban J connectivity index is 1.71. The number of ether oxygens (including phenoxy) is 2. The first-order valence-corrected chi connectivity index (χ1v) is 14.6. The molecular weight excluding hydrogens is 502 g/mol. The smallest absolute Gasteiger partial charge is 0.420 e. The first-order valence-electron chi connectivity index (χ1n) is 14.6. The summed E-state index contributed by atoms with van der Waals surface area (Å²) in [5.74, 6) is 1.09. The highest BCUT2D eigenvalue weighted by Crippen LogP contribution is 2.41. The zero-order valence-electron chi connectivity index (χ0n) is 25.1. The summed E-state index contributed by atoms with van der Waals surface area (Å²) in [7, 11) is 3.96. The number of anilines is 2. The van der Waals surface area contributed by atoms with Gasteiger partial charge in [-0.2, -0.15) is 0 Å². The molecule has 0 saturated heterocycles. The number of fused-ring (bicyclic) bond motifs is 1. The van der Waals surface area contributed by atoms with Crippen LogP contribution in [0.3, 0.4) is 0 Å². The van der Waals surface area contributed by atoms with Gasteiger partial charge in [-0.15, -0.1) is 6.58 Å². The molecule has 0 spiro atoms. The van der Waals surface area contributed by atoms with Crippen molar-refractivity contribution in [1.82, 2.24) is 0 Å². The third-order valence-corrected chi connectivity index (χ3v) is 8.52. The molecule has 2 aliphatic rings. The molecule has 7 heteroatoms. The van der Waals surface area contributed by atoms with Crippen LogP contribution >= 0.6 is 0 Å². The van der Waals surface area contributed by atoms with Gasteiger partial charge < -0.3 is 18.9 Å². The molecule has 40 heavy (non-hydrogen) atoms. The SMILES string of the molecule is C=CCC(C[N+](C)(CCCC)C1CC1)c1ccc2c(c1)N(C(=O)Oc1cc(C)ccc1OC)CC(C)N2C(C)=O. The Kier molecular flexibility index (Phi) is 9.24. The van der Waals surface area contributed by atoms with Crippen LogP contribution < -0.4 is 19.3 Å². The summed E-state index contributed by atoms with van der Waals surface area (Å²) in [6.45, 7) is 14.3. The number of carbonyl (C=O) groups excluding carboxylic acids is 2. The van der Waals surface area contributed by atoms with E-state index in [0.717, 1.165) is 40.3 Å². The Hall–Kier alpha value is -3.32. The number of likely N-dealkylation sites (N-methyl/N-ethyl adjacent to an activating group) is 1. The number of rotatable bonds is 11. The van der Waals surface area contributed by atoms with Gasteiger partial charge in [-0.05, 0) is 62.1 Å². The average Bonchev–Trinajstić information content (AvgIpc) is 3.77. The molecule has 1 saturated carbocycles. The van der Waals surface area contributed by atoms with Crippen LogP contribution in [0.15, 0.2) is 49.1 Å². The van der Waals surface area contributed by atoms with Crippen molar-refractivity contribution in [2.75, 3.05) is 43.6 Å². The quantitative estimate of drug-likeness (QED) is 0.228. The predicted octanol–water partition coefficient (Wildman–Crippen LogP) is 6.83. The number of unbranched alkanes of at least 4 members (excludes halogenated alkanes) is 1. The van der Waals surface area contributed by atoms with E-state index in [1.807, 2.05) is 32.1 Å². The van der Waals surface area contributed by atoms with E-state index in [1.54, 1.807) is 36.0 Å². The summed E-state index contributed by atoms with van der Waals surface area (Å²) in [5.41, 5.74) is 3.55.